The molecule has 0 fully saturated rings. The number of hydrogen-bond donors (Lipinski definition) is 1. The normalized spacial score (nSPS) is 10.7. The molecule has 1 N–H and O–H groups in total. The molecule has 1 heterocycles. The average Bonchev–Trinajstić information content (AvgIpc) is 3.00. The van der Waals surface area contributed by atoms with Crippen LogP contribution in [0.2, 0.25) is 5.02 Å². The number of aryl methyl sites for hydroxylation is 1. The maximum Gasteiger partial charge on any atom is 0.230 e. The predicted octanol–water partition coefficient (Wildman–Crippen LogP) is 3.85. The zero-order valence-corrected chi connectivity index (χ0v) is 16.1. The van der Waals surface area contributed by atoms with Gasteiger partial charge in [0.1, 0.15) is 0 Å². The van der Waals surface area contributed by atoms with Crippen molar-refractivity contribution in [1.82, 2.24) is 20.1 Å². The largest absolute Gasteiger partial charge is 0.351 e. The van der Waals surface area contributed by atoms with Gasteiger partial charge >= 0.3 is 0 Å². The molecule has 7 heteroatoms. The molecule has 0 unspecified atom stereocenters. The van der Waals surface area contributed by atoms with Gasteiger partial charge in [-0.2, -0.15) is 0 Å². The molecule has 2 aromatic carbocycles. The highest BCUT2D eigenvalue weighted by atomic mass is 35.5. The summed E-state index contributed by atoms with van der Waals surface area (Å²) in [6.07, 6.45) is 0. The molecule has 1 amide bonds. The lowest BCUT2D eigenvalue weighted by molar-refractivity contribution is -0.118. The molecule has 0 saturated carbocycles. The fourth-order valence-corrected chi connectivity index (χ4v) is 3.35. The van der Waals surface area contributed by atoms with Crippen molar-refractivity contribution < 1.29 is 4.79 Å². The van der Waals surface area contributed by atoms with Gasteiger partial charge in [0.05, 0.1) is 5.75 Å². The van der Waals surface area contributed by atoms with Crippen molar-refractivity contribution >= 4 is 29.3 Å². The highest BCUT2D eigenvalue weighted by Crippen LogP contribution is 2.23. The van der Waals surface area contributed by atoms with Crippen molar-refractivity contribution in [2.45, 2.75) is 18.6 Å². The lowest BCUT2D eigenvalue weighted by Crippen LogP contribution is -2.24. The van der Waals surface area contributed by atoms with E-state index in [2.05, 4.69) is 15.5 Å². The van der Waals surface area contributed by atoms with Gasteiger partial charge in [-0.3, -0.25) is 4.79 Å². The Balaban J connectivity index is 1.57. The smallest absolute Gasteiger partial charge is 0.230 e. The van der Waals surface area contributed by atoms with E-state index >= 15 is 0 Å². The maximum absolute atomic E-state index is 12.1. The maximum atomic E-state index is 12.1. The van der Waals surface area contributed by atoms with Crippen molar-refractivity contribution in [2.75, 3.05) is 5.75 Å². The Hall–Kier alpha value is -2.31. The van der Waals surface area contributed by atoms with E-state index in [1.807, 2.05) is 67.1 Å². The molecule has 0 saturated heterocycles. The standard InChI is InChI=1S/C19H19ClN4OS/c1-13-7-9-14(10-8-13)18-22-23-19(24(18)2)26-12-17(25)21-11-15-5-3-4-6-16(15)20/h3-10H,11-12H2,1-2H3,(H,21,25). The van der Waals surface area contributed by atoms with Gasteiger partial charge in [0.25, 0.3) is 0 Å². The van der Waals surface area contributed by atoms with E-state index in [0.29, 0.717) is 16.7 Å². The summed E-state index contributed by atoms with van der Waals surface area (Å²) in [5, 5.41) is 12.7. The minimum Gasteiger partial charge on any atom is -0.351 e. The van der Waals surface area contributed by atoms with Crippen LogP contribution < -0.4 is 5.32 Å². The number of carbonyl (C=O) groups is 1. The van der Waals surface area contributed by atoms with Crippen molar-refractivity contribution in [3.05, 3.63) is 64.7 Å². The molecule has 1 aromatic heterocycles. The van der Waals surface area contributed by atoms with Gasteiger partial charge in [-0.05, 0) is 18.6 Å². The fraction of sp³-hybridized carbons (Fsp3) is 0.211. The molecule has 0 atom stereocenters. The minimum absolute atomic E-state index is 0.0743. The number of hydrogen-bond acceptors (Lipinski definition) is 4. The van der Waals surface area contributed by atoms with E-state index in [1.54, 1.807) is 0 Å². The van der Waals surface area contributed by atoms with Gasteiger partial charge in [0.2, 0.25) is 5.91 Å². The lowest BCUT2D eigenvalue weighted by Gasteiger charge is -2.07. The molecule has 0 spiro atoms. The number of nitrogens with one attached hydrogen (secondary N) is 1. The van der Waals surface area contributed by atoms with E-state index in [9.17, 15) is 4.79 Å². The van der Waals surface area contributed by atoms with Crippen molar-refractivity contribution in [3.63, 3.8) is 0 Å². The molecule has 5 nitrogen and oxygen atoms in total. The second-order valence-electron chi connectivity index (χ2n) is 5.89. The Morgan fingerprint density at radius 2 is 1.88 bits per heavy atom. The van der Waals surface area contributed by atoms with Gasteiger partial charge in [-0.15, -0.1) is 10.2 Å². The molecule has 0 aliphatic heterocycles. The summed E-state index contributed by atoms with van der Waals surface area (Å²) in [5.41, 5.74) is 3.09. The predicted molar refractivity (Wildman–Crippen MR) is 105 cm³/mol. The number of thioether (sulfide) groups is 1. The van der Waals surface area contributed by atoms with Gasteiger partial charge in [-0.25, -0.2) is 0 Å². The van der Waals surface area contributed by atoms with E-state index in [0.717, 1.165) is 17.0 Å². The summed E-state index contributed by atoms with van der Waals surface area (Å²) >= 11 is 7.45. The van der Waals surface area contributed by atoms with Crippen LogP contribution in [0.25, 0.3) is 11.4 Å². The van der Waals surface area contributed by atoms with Crippen LogP contribution >= 0.6 is 23.4 Å². The van der Waals surface area contributed by atoms with Crippen LogP contribution in [-0.2, 0) is 18.4 Å². The van der Waals surface area contributed by atoms with E-state index in [-0.39, 0.29) is 11.7 Å². The molecule has 0 aliphatic rings. The first-order valence-electron chi connectivity index (χ1n) is 8.14. The molecule has 0 aliphatic carbocycles. The lowest BCUT2D eigenvalue weighted by atomic mass is 10.1. The second kappa shape index (κ2) is 8.38. The monoisotopic (exact) mass is 386 g/mol. The Bertz CT molecular complexity index is 908. The van der Waals surface area contributed by atoms with Crippen LogP contribution in [-0.4, -0.2) is 26.4 Å². The van der Waals surface area contributed by atoms with Crippen LogP contribution in [0.5, 0.6) is 0 Å². The van der Waals surface area contributed by atoms with Gasteiger partial charge < -0.3 is 9.88 Å². The summed E-state index contributed by atoms with van der Waals surface area (Å²) < 4.78 is 1.90. The summed E-state index contributed by atoms with van der Waals surface area (Å²) in [5.74, 6) is 0.975. The zero-order chi connectivity index (χ0) is 18.5. The van der Waals surface area contributed by atoms with Crippen molar-refractivity contribution in [3.8, 4) is 11.4 Å². The highest BCUT2D eigenvalue weighted by Gasteiger charge is 2.13. The Morgan fingerprint density at radius 1 is 1.15 bits per heavy atom. The van der Waals surface area contributed by atoms with E-state index < -0.39 is 0 Å². The number of rotatable bonds is 6. The number of amides is 1. The quantitative estimate of drug-likeness (QED) is 0.653. The van der Waals surface area contributed by atoms with Gasteiger partial charge in [-0.1, -0.05) is 71.4 Å². The van der Waals surface area contributed by atoms with Crippen LogP contribution in [0.3, 0.4) is 0 Å². The SMILES string of the molecule is Cc1ccc(-c2nnc(SCC(=O)NCc3ccccc3Cl)n2C)cc1. The van der Waals surface area contributed by atoms with E-state index in [1.165, 1.54) is 17.3 Å². The minimum atomic E-state index is -0.0743. The molecule has 0 radical (unpaired) electrons. The zero-order valence-electron chi connectivity index (χ0n) is 14.6. The van der Waals surface area contributed by atoms with Crippen LogP contribution in [0.1, 0.15) is 11.1 Å². The summed E-state index contributed by atoms with van der Waals surface area (Å²) in [6, 6.07) is 15.6. The molecule has 134 valence electrons. The molecular weight excluding hydrogens is 368 g/mol. The molecule has 26 heavy (non-hydrogen) atoms. The Kier molecular flexibility index (Phi) is 5.96. The third kappa shape index (κ3) is 4.45. The van der Waals surface area contributed by atoms with Crippen molar-refractivity contribution in [2.24, 2.45) is 7.05 Å². The summed E-state index contributed by atoms with van der Waals surface area (Å²) in [6.45, 7) is 2.45. The summed E-state index contributed by atoms with van der Waals surface area (Å²) in [7, 11) is 1.90. The molecule has 3 rings (SSSR count). The molecule has 3 aromatic rings. The van der Waals surface area contributed by atoms with Gasteiger partial charge in [0.15, 0.2) is 11.0 Å². The van der Waals surface area contributed by atoms with E-state index in [4.69, 9.17) is 11.6 Å². The number of benzene rings is 2. The Morgan fingerprint density at radius 3 is 2.62 bits per heavy atom. The molecular formula is C19H19ClN4OS. The first-order chi connectivity index (χ1) is 12.5. The van der Waals surface area contributed by atoms with Crippen molar-refractivity contribution in [1.29, 1.82) is 0 Å². The summed E-state index contributed by atoms with van der Waals surface area (Å²) in [4.78, 5) is 12.1. The van der Waals surface area contributed by atoms with Gasteiger partial charge in [0, 0.05) is 24.2 Å². The van der Waals surface area contributed by atoms with Crippen LogP contribution in [0.4, 0.5) is 0 Å². The first kappa shape index (κ1) is 18.5. The second-order valence-corrected chi connectivity index (χ2v) is 7.24. The van der Waals surface area contributed by atoms with Crippen LogP contribution in [0.15, 0.2) is 53.7 Å². The number of carbonyl (C=O) groups excluding carboxylic acids is 1. The fourth-order valence-electron chi connectivity index (χ4n) is 2.41. The third-order valence-electron chi connectivity index (χ3n) is 3.91. The third-order valence-corrected chi connectivity index (χ3v) is 5.30. The number of aromatic nitrogens is 3. The first-order valence-corrected chi connectivity index (χ1v) is 9.50. The topological polar surface area (TPSA) is 59.8 Å². The van der Waals surface area contributed by atoms with Crippen LogP contribution in [0, 0.1) is 6.92 Å². The molecule has 0 bridgehead atoms. The highest BCUT2D eigenvalue weighted by molar-refractivity contribution is 7.99. The number of halogens is 1. The Labute approximate surface area is 161 Å². The average molecular weight is 387 g/mol. The number of nitrogens with zero attached hydrogens (tertiary/aromatic N) is 3.